The highest BCUT2D eigenvalue weighted by atomic mass is 79.9. The van der Waals surface area contributed by atoms with E-state index < -0.39 is 23.7 Å². The van der Waals surface area contributed by atoms with Gasteiger partial charge in [0.2, 0.25) is 5.91 Å². The zero-order chi connectivity index (χ0) is 14.6. The minimum absolute atomic E-state index is 0.285. The number of nitrogens with one attached hydrogen (secondary N) is 1. The van der Waals surface area contributed by atoms with Gasteiger partial charge in [-0.2, -0.15) is 13.2 Å². The standard InChI is InChI=1S/C12H14BrF3N2O/c1-2-3-9(17)11(19)18-10-5-4-7(13)6-8(10)12(14,15)16/h4-6,9H,2-3,17H2,1H3,(H,18,19)/t9-/m0/s1. The predicted octanol–water partition coefficient (Wildman–Crippen LogP) is 3.53. The summed E-state index contributed by atoms with van der Waals surface area (Å²) in [5.74, 6) is -0.616. The number of rotatable bonds is 4. The molecule has 0 bridgehead atoms. The first-order valence-corrected chi connectivity index (χ1v) is 6.48. The number of hydrogen-bond acceptors (Lipinski definition) is 2. The van der Waals surface area contributed by atoms with Crippen LogP contribution in [0.5, 0.6) is 0 Å². The monoisotopic (exact) mass is 338 g/mol. The Morgan fingerprint density at radius 1 is 1.47 bits per heavy atom. The van der Waals surface area contributed by atoms with Crippen molar-refractivity contribution in [3.63, 3.8) is 0 Å². The molecular weight excluding hydrogens is 325 g/mol. The van der Waals surface area contributed by atoms with E-state index in [0.29, 0.717) is 12.8 Å². The first-order valence-electron chi connectivity index (χ1n) is 5.69. The van der Waals surface area contributed by atoms with E-state index in [2.05, 4.69) is 21.2 Å². The molecule has 0 aliphatic carbocycles. The van der Waals surface area contributed by atoms with E-state index in [1.54, 1.807) is 0 Å². The number of anilines is 1. The minimum Gasteiger partial charge on any atom is -0.324 e. The van der Waals surface area contributed by atoms with Crippen LogP contribution in [0.1, 0.15) is 25.3 Å². The summed E-state index contributed by atoms with van der Waals surface area (Å²) in [5.41, 5.74) is 4.37. The number of carbonyl (C=O) groups excluding carboxylic acids is 1. The minimum atomic E-state index is -4.54. The largest absolute Gasteiger partial charge is 0.418 e. The summed E-state index contributed by atoms with van der Waals surface area (Å²) in [6.45, 7) is 1.84. The van der Waals surface area contributed by atoms with E-state index >= 15 is 0 Å². The van der Waals surface area contributed by atoms with Crippen molar-refractivity contribution in [2.75, 3.05) is 5.32 Å². The third-order valence-corrected chi connectivity index (χ3v) is 2.97. The Morgan fingerprint density at radius 2 is 2.11 bits per heavy atom. The van der Waals surface area contributed by atoms with Gasteiger partial charge in [0.15, 0.2) is 0 Å². The number of carbonyl (C=O) groups is 1. The van der Waals surface area contributed by atoms with Gasteiger partial charge in [0.25, 0.3) is 0 Å². The van der Waals surface area contributed by atoms with Crippen molar-refractivity contribution in [3.05, 3.63) is 28.2 Å². The van der Waals surface area contributed by atoms with E-state index in [9.17, 15) is 18.0 Å². The molecule has 0 fully saturated rings. The fourth-order valence-corrected chi connectivity index (χ4v) is 1.89. The van der Waals surface area contributed by atoms with Gasteiger partial charge in [0.1, 0.15) is 0 Å². The molecule has 1 rings (SSSR count). The van der Waals surface area contributed by atoms with Crippen LogP contribution in [0.4, 0.5) is 18.9 Å². The lowest BCUT2D eigenvalue weighted by atomic mass is 10.1. The van der Waals surface area contributed by atoms with Crippen LogP contribution >= 0.6 is 15.9 Å². The summed E-state index contributed by atoms with van der Waals surface area (Å²) >= 11 is 2.97. The lowest BCUT2D eigenvalue weighted by Gasteiger charge is -2.16. The Kier molecular flexibility index (Phi) is 5.37. The summed E-state index contributed by atoms with van der Waals surface area (Å²) in [7, 11) is 0. The Labute approximate surface area is 117 Å². The molecule has 3 nitrogen and oxygen atoms in total. The highest BCUT2D eigenvalue weighted by molar-refractivity contribution is 9.10. The molecular formula is C12H14BrF3N2O. The molecule has 106 valence electrons. The van der Waals surface area contributed by atoms with E-state index in [-0.39, 0.29) is 10.2 Å². The predicted molar refractivity (Wildman–Crippen MR) is 70.7 cm³/mol. The van der Waals surface area contributed by atoms with Crippen molar-refractivity contribution < 1.29 is 18.0 Å². The van der Waals surface area contributed by atoms with Crippen LogP contribution in [0, 0.1) is 0 Å². The van der Waals surface area contributed by atoms with Crippen LogP contribution in [0.2, 0.25) is 0 Å². The van der Waals surface area contributed by atoms with Crippen LogP contribution in [0.15, 0.2) is 22.7 Å². The fourth-order valence-electron chi connectivity index (χ4n) is 1.53. The van der Waals surface area contributed by atoms with Gasteiger partial charge in [0.05, 0.1) is 17.3 Å². The number of hydrogen-bond donors (Lipinski definition) is 2. The van der Waals surface area contributed by atoms with Crippen molar-refractivity contribution in [1.29, 1.82) is 0 Å². The van der Waals surface area contributed by atoms with Gasteiger partial charge in [-0.1, -0.05) is 29.3 Å². The maximum Gasteiger partial charge on any atom is 0.418 e. The molecule has 3 N–H and O–H groups in total. The molecule has 1 aromatic rings. The molecule has 0 spiro atoms. The molecule has 1 atom stereocenters. The average molecular weight is 339 g/mol. The first kappa shape index (κ1) is 16.0. The van der Waals surface area contributed by atoms with Gasteiger partial charge < -0.3 is 11.1 Å². The Balaban J connectivity index is 2.98. The van der Waals surface area contributed by atoms with Gasteiger partial charge in [-0.15, -0.1) is 0 Å². The van der Waals surface area contributed by atoms with Crippen LogP contribution in [-0.4, -0.2) is 11.9 Å². The molecule has 0 saturated heterocycles. The molecule has 0 saturated carbocycles. The molecule has 7 heteroatoms. The van der Waals surface area contributed by atoms with E-state index in [1.807, 2.05) is 6.92 Å². The summed E-state index contributed by atoms with van der Waals surface area (Å²) in [6, 6.07) is 2.73. The quantitative estimate of drug-likeness (QED) is 0.882. The molecule has 0 heterocycles. The van der Waals surface area contributed by atoms with Gasteiger partial charge >= 0.3 is 6.18 Å². The highest BCUT2D eigenvalue weighted by Crippen LogP contribution is 2.36. The van der Waals surface area contributed by atoms with Crippen molar-refractivity contribution >= 4 is 27.5 Å². The van der Waals surface area contributed by atoms with Crippen molar-refractivity contribution in [3.8, 4) is 0 Å². The number of amides is 1. The second-order valence-electron chi connectivity index (χ2n) is 4.07. The number of benzene rings is 1. The van der Waals surface area contributed by atoms with Crippen LogP contribution in [0.25, 0.3) is 0 Å². The van der Waals surface area contributed by atoms with Crippen molar-refractivity contribution in [2.24, 2.45) is 5.73 Å². The fraction of sp³-hybridized carbons (Fsp3) is 0.417. The molecule has 19 heavy (non-hydrogen) atoms. The lowest BCUT2D eigenvalue weighted by molar-refractivity contribution is -0.137. The molecule has 0 aromatic heterocycles. The molecule has 1 amide bonds. The third-order valence-electron chi connectivity index (χ3n) is 2.48. The molecule has 1 aromatic carbocycles. The summed E-state index contributed by atoms with van der Waals surface area (Å²) in [5, 5.41) is 2.22. The SMILES string of the molecule is CCC[C@H](N)C(=O)Nc1ccc(Br)cc1C(F)(F)F. The second kappa shape index (κ2) is 6.38. The van der Waals surface area contributed by atoms with E-state index in [4.69, 9.17) is 5.73 Å². The number of halogens is 4. The second-order valence-corrected chi connectivity index (χ2v) is 4.99. The molecule has 0 radical (unpaired) electrons. The first-order chi connectivity index (χ1) is 8.75. The Bertz CT molecular complexity index is 463. The van der Waals surface area contributed by atoms with Gasteiger partial charge in [-0.3, -0.25) is 4.79 Å². The maximum absolute atomic E-state index is 12.8. The lowest BCUT2D eigenvalue weighted by Crippen LogP contribution is -2.35. The highest BCUT2D eigenvalue weighted by Gasteiger charge is 2.34. The topological polar surface area (TPSA) is 55.1 Å². The van der Waals surface area contributed by atoms with Crippen LogP contribution in [-0.2, 0) is 11.0 Å². The summed E-state index contributed by atoms with van der Waals surface area (Å²) in [6.07, 6.45) is -3.44. The smallest absolute Gasteiger partial charge is 0.324 e. The van der Waals surface area contributed by atoms with E-state index in [1.165, 1.54) is 12.1 Å². The Hall–Kier alpha value is -1.08. The van der Waals surface area contributed by atoms with Crippen molar-refractivity contribution in [1.82, 2.24) is 0 Å². The average Bonchev–Trinajstić information content (AvgIpc) is 2.30. The van der Waals surface area contributed by atoms with E-state index in [0.717, 1.165) is 6.07 Å². The molecule has 0 aliphatic rings. The molecule has 0 unspecified atom stereocenters. The number of alkyl halides is 3. The maximum atomic E-state index is 12.8. The zero-order valence-corrected chi connectivity index (χ0v) is 11.8. The zero-order valence-electron chi connectivity index (χ0n) is 10.2. The summed E-state index contributed by atoms with van der Waals surface area (Å²) in [4.78, 5) is 11.7. The normalized spacial score (nSPS) is 13.2. The molecule has 0 aliphatic heterocycles. The van der Waals surface area contributed by atoms with Crippen LogP contribution < -0.4 is 11.1 Å². The third kappa shape index (κ3) is 4.50. The van der Waals surface area contributed by atoms with Gasteiger partial charge in [-0.05, 0) is 24.6 Å². The number of nitrogens with two attached hydrogens (primary N) is 1. The van der Waals surface area contributed by atoms with Gasteiger partial charge in [0, 0.05) is 4.47 Å². The van der Waals surface area contributed by atoms with Crippen LogP contribution in [0.3, 0.4) is 0 Å². The Morgan fingerprint density at radius 3 is 2.63 bits per heavy atom. The van der Waals surface area contributed by atoms with Gasteiger partial charge in [-0.25, -0.2) is 0 Å². The van der Waals surface area contributed by atoms with Crippen molar-refractivity contribution in [2.45, 2.75) is 32.0 Å². The summed E-state index contributed by atoms with van der Waals surface area (Å²) < 4.78 is 38.8.